The quantitative estimate of drug-likeness (QED) is 0.150. The molecule has 1 nitrogen and oxygen atoms in total. The molecule has 2 heterocycles. The number of aromatic nitrogens is 1. The highest BCUT2D eigenvalue weighted by molar-refractivity contribution is 7.49. The fraction of sp³-hybridized carbons (Fsp3) is 0.195. The highest BCUT2D eigenvalue weighted by Gasteiger charge is 2.46. The molecule has 1 aromatic heterocycles. The molecule has 4 aromatic carbocycles. The van der Waals surface area contributed by atoms with Crippen molar-refractivity contribution in [1.29, 1.82) is 0 Å². The molecule has 1 aliphatic heterocycles. The maximum absolute atomic E-state index is 5.37. The summed E-state index contributed by atoms with van der Waals surface area (Å²) in [6, 6.07) is 33.8. The Balaban J connectivity index is 0.00000147. The van der Waals surface area contributed by atoms with E-state index >= 15 is 0 Å². The first-order valence-electron chi connectivity index (χ1n) is 15.8. The Hall–Kier alpha value is -4.06. The summed E-state index contributed by atoms with van der Waals surface area (Å²) < 4.78 is 0. The molecule has 1 fully saturated rings. The van der Waals surface area contributed by atoms with E-state index in [1.807, 2.05) is 19.9 Å². The van der Waals surface area contributed by atoms with Crippen LogP contribution in [-0.2, 0) is 0 Å². The fourth-order valence-electron chi connectivity index (χ4n) is 7.04. The number of nitrogens with zero attached hydrogens (tertiary/aromatic N) is 1. The summed E-state index contributed by atoms with van der Waals surface area (Å²) in [5.41, 5.74) is 15.0. The summed E-state index contributed by atoms with van der Waals surface area (Å²) in [5.74, 6) is 1.30. The minimum absolute atomic E-state index is 0.404. The summed E-state index contributed by atoms with van der Waals surface area (Å²) in [4.78, 5) is 5.37. The predicted molar refractivity (Wildman–Crippen MR) is 189 cm³/mol. The van der Waals surface area contributed by atoms with Crippen LogP contribution in [0.2, 0.25) is 0 Å². The third-order valence-corrected chi connectivity index (χ3v) is 10.8. The van der Waals surface area contributed by atoms with Crippen LogP contribution in [0.5, 0.6) is 0 Å². The van der Waals surface area contributed by atoms with Gasteiger partial charge < -0.3 is 0 Å². The number of fused-ring (bicyclic) bond motifs is 9. The second kappa shape index (κ2) is 11.6. The van der Waals surface area contributed by atoms with Crippen molar-refractivity contribution in [3.8, 4) is 22.4 Å². The van der Waals surface area contributed by atoms with E-state index in [2.05, 4.69) is 123 Å². The van der Waals surface area contributed by atoms with E-state index in [0.717, 1.165) is 17.6 Å². The van der Waals surface area contributed by atoms with E-state index in [1.165, 1.54) is 67.2 Å². The van der Waals surface area contributed by atoms with Crippen LogP contribution >= 0.6 is 8.58 Å². The van der Waals surface area contributed by atoms with Crippen LogP contribution in [0.3, 0.4) is 0 Å². The van der Waals surface area contributed by atoms with Crippen molar-refractivity contribution >= 4 is 36.4 Å². The Labute approximate surface area is 257 Å². The van der Waals surface area contributed by atoms with Gasteiger partial charge in [-0.3, -0.25) is 0 Å². The Morgan fingerprint density at radius 3 is 2.53 bits per heavy atom. The molecule has 43 heavy (non-hydrogen) atoms. The van der Waals surface area contributed by atoms with E-state index in [4.69, 9.17) is 4.98 Å². The lowest BCUT2D eigenvalue weighted by atomic mass is 9.80. The first-order chi connectivity index (χ1) is 21.2. The zero-order chi connectivity index (χ0) is 29.5. The van der Waals surface area contributed by atoms with Crippen LogP contribution in [0.15, 0.2) is 116 Å². The van der Waals surface area contributed by atoms with Gasteiger partial charge in [-0.15, -0.1) is 0 Å². The smallest absolute Gasteiger partial charge is 0.0789 e. The molecule has 0 amide bonds. The third kappa shape index (κ3) is 4.81. The molecule has 0 N–H and O–H groups in total. The van der Waals surface area contributed by atoms with Crippen LogP contribution < -0.4 is 5.30 Å². The van der Waals surface area contributed by atoms with Gasteiger partial charge in [0.05, 0.1) is 11.2 Å². The second-order valence-corrected chi connectivity index (χ2v) is 12.9. The molecule has 0 bridgehead atoms. The molecule has 0 radical (unpaired) electrons. The van der Waals surface area contributed by atoms with Gasteiger partial charge in [0, 0.05) is 21.9 Å². The molecule has 3 aliphatic rings. The van der Waals surface area contributed by atoms with Gasteiger partial charge >= 0.3 is 0 Å². The van der Waals surface area contributed by atoms with Crippen LogP contribution in [0.1, 0.15) is 78.9 Å². The highest BCUT2D eigenvalue weighted by atomic mass is 31.1. The number of rotatable bonds is 5. The molecular weight excluding hydrogens is 537 g/mol. The van der Waals surface area contributed by atoms with Crippen molar-refractivity contribution in [2.45, 2.75) is 51.1 Å². The second-order valence-electron chi connectivity index (χ2n) is 11.5. The molecule has 0 saturated heterocycles. The van der Waals surface area contributed by atoms with Gasteiger partial charge in [0.1, 0.15) is 0 Å². The van der Waals surface area contributed by atoms with Crippen molar-refractivity contribution in [3.05, 3.63) is 144 Å². The molecule has 5 aromatic rings. The van der Waals surface area contributed by atoms with Gasteiger partial charge in [0.25, 0.3) is 0 Å². The monoisotopic (exact) mass is 575 g/mol. The largest absolute Gasteiger partial charge is 0.247 e. The van der Waals surface area contributed by atoms with E-state index < -0.39 is 0 Å². The Bertz CT molecular complexity index is 1910. The lowest BCUT2D eigenvalue weighted by Gasteiger charge is -2.24. The van der Waals surface area contributed by atoms with Crippen molar-refractivity contribution in [2.24, 2.45) is 0 Å². The molecule has 1 saturated carbocycles. The van der Waals surface area contributed by atoms with Gasteiger partial charge in [-0.05, 0) is 81.3 Å². The summed E-state index contributed by atoms with van der Waals surface area (Å²) >= 11 is 0. The minimum atomic E-state index is 0.404. The van der Waals surface area contributed by atoms with Crippen molar-refractivity contribution in [1.82, 2.24) is 4.98 Å². The van der Waals surface area contributed by atoms with Crippen molar-refractivity contribution in [3.63, 3.8) is 0 Å². The minimum Gasteiger partial charge on any atom is -0.247 e. The van der Waals surface area contributed by atoms with E-state index in [1.54, 1.807) is 0 Å². The standard InChI is InChI=1S/C39H32NP.C2H6/c1-3-9-24(4-2)29-12-8-13-31-33-23-32(33)30-19-16-28(22-34(30)37(29)31)35-20-17-26-14-15-27-18-21-36(25-10-6-5-7-11-25)41-39(27)38(26)40-35;1-2/h3,5-22,32-33,36,41H,1,4,23H2,2H3;1-2H3/b24-9+;. The van der Waals surface area contributed by atoms with Crippen LogP contribution in [0.4, 0.5) is 0 Å². The van der Waals surface area contributed by atoms with Crippen LogP contribution in [-0.4, -0.2) is 4.98 Å². The molecule has 8 rings (SSSR count). The molecule has 0 spiro atoms. The molecular formula is C41H38NP. The Morgan fingerprint density at radius 1 is 0.907 bits per heavy atom. The normalized spacial score (nSPS) is 19.9. The van der Waals surface area contributed by atoms with Gasteiger partial charge in [-0.2, -0.15) is 0 Å². The predicted octanol–water partition coefficient (Wildman–Crippen LogP) is 11.2. The molecule has 4 atom stereocenters. The number of allylic oxidation sites excluding steroid dienone is 4. The summed E-state index contributed by atoms with van der Waals surface area (Å²) in [6.45, 7) is 10.2. The van der Waals surface area contributed by atoms with Crippen molar-refractivity contribution in [2.75, 3.05) is 0 Å². The van der Waals surface area contributed by atoms with Gasteiger partial charge in [0.15, 0.2) is 0 Å². The molecule has 2 heteroatoms. The molecule has 4 unspecified atom stereocenters. The van der Waals surface area contributed by atoms with Gasteiger partial charge in [-0.25, -0.2) is 4.98 Å². The van der Waals surface area contributed by atoms with Gasteiger partial charge in [-0.1, -0.05) is 139 Å². The first kappa shape index (κ1) is 27.8. The summed E-state index contributed by atoms with van der Waals surface area (Å²) in [5, 5.41) is 2.60. The number of hydrogen-bond donors (Lipinski definition) is 0. The van der Waals surface area contributed by atoms with E-state index in [-0.39, 0.29) is 0 Å². The average molecular weight is 576 g/mol. The van der Waals surface area contributed by atoms with Crippen LogP contribution in [0, 0.1) is 0 Å². The third-order valence-electron chi connectivity index (χ3n) is 9.17. The lowest BCUT2D eigenvalue weighted by molar-refractivity contribution is 1.00. The van der Waals surface area contributed by atoms with E-state index in [0.29, 0.717) is 26.1 Å². The van der Waals surface area contributed by atoms with Gasteiger partial charge in [0.2, 0.25) is 0 Å². The Kier molecular flexibility index (Phi) is 7.46. The lowest BCUT2D eigenvalue weighted by Crippen LogP contribution is -2.10. The Morgan fingerprint density at radius 2 is 1.72 bits per heavy atom. The molecule has 212 valence electrons. The fourth-order valence-corrected chi connectivity index (χ4v) is 8.57. The zero-order valence-electron chi connectivity index (χ0n) is 25.3. The topological polar surface area (TPSA) is 12.9 Å². The SMILES string of the molecule is C=C/C=C(\CC)c1cccc2c1-c1cc(-c3ccc4ccc5c(c4n3)PC(c3ccccc3)C=C5)ccc1C1CC21.CC. The number of pyridine rings is 1. The maximum atomic E-state index is 5.37. The highest BCUT2D eigenvalue weighted by Crippen LogP contribution is 2.63. The van der Waals surface area contributed by atoms with E-state index in [9.17, 15) is 0 Å². The maximum Gasteiger partial charge on any atom is 0.0789 e. The van der Waals surface area contributed by atoms with Crippen molar-refractivity contribution < 1.29 is 0 Å². The average Bonchev–Trinajstić information content (AvgIpc) is 3.89. The summed E-state index contributed by atoms with van der Waals surface area (Å²) in [7, 11) is 0.663. The van der Waals surface area contributed by atoms with Crippen LogP contribution in [0.25, 0.3) is 44.9 Å². The first-order valence-corrected chi connectivity index (χ1v) is 16.8. The number of benzene rings is 4. The number of hydrogen-bond acceptors (Lipinski definition) is 1. The zero-order valence-corrected chi connectivity index (χ0v) is 26.3. The molecule has 2 aliphatic carbocycles. The summed E-state index contributed by atoms with van der Waals surface area (Å²) in [6.07, 6.45) is 11.0.